The third kappa shape index (κ3) is 5.51. The van der Waals surface area contributed by atoms with Crippen molar-refractivity contribution in [1.82, 2.24) is 4.90 Å². The van der Waals surface area contributed by atoms with E-state index in [1.807, 2.05) is 0 Å². The maximum atomic E-state index is 13.1. The second-order valence-electron chi connectivity index (χ2n) is 6.52. The molecule has 1 aliphatic heterocycles. The molecule has 1 aliphatic rings. The Morgan fingerprint density at radius 3 is 2.47 bits per heavy atom. The van der Waals surface area contributed by atoms with Crippen LogP contribution in [0.5, 0.6) is 0 Å². The molecule has 166 valence electrons. The molecule has 2 aromatic rings. The van der Waals surface area contributed by atoms with Crippen LogP contribution in [0.1, 0.15) is 17.5 Å². The van der Waals surface area contributed by atoms with Crippen LogP contribution in [0.2, 0.25) is 0 Å². The Kier molecular flexibility index (Phi) is 6.94. The van der Waals surface area contributed by atoms with Crippen LogP contribution in [0.15, 0.2) is 53.4 Å². The molecule has 0 saturated carbocycles. The molecule has 1 heterocycles. The van der Waals surface area contributed by atoms with Gasteiger partial charge in [0.25, 0.3) is 11.6 Å². The molecule has 1 N–H and O–H groups in total. The number of nitro benzene ring substituents is 1. The van der Waals surface area contributed by atoms with Gasteiger partial charge in [-0.05, 0) is 35.9 Å². The molecular formula is C20H14F3N3O4S2. The number of nitrogens with one attached hydrogen (secondary N) is 1. The number of halogens is 3. The fourth-order valence-corrected chi connectivity index (χ4v) is 4.11. The quantitative estimate of drug-likeness (QED) is 0.275. The number of non-ortho nitro benzene ring substituents is 1. The number of carbonyl (C=O) groups excluding carboxylic acids is 2. The van der Waals surface area contributed by atoms with E-state index in [9.17, 15) is 32.9 Å². The number of nitro groups is 1. The average Bonchev–Trinajstić information content (AvgIpc) is 2.99. The van der Waals surface area contributed by atoms with Gasteiger partial charge in [0.15, 0.2) is 0 Å². The zero-order chi connectivity index (χ0) is 23.5. The van der Waals surface area contributed by atoms with Crippen molar-refractivity contribution < 1.29 is 27.7 Å². The first-order valence-corrected chi connectivity index (χ1v) is 10.2. The molecule has 0 atom stereocenters. The molecule has 3 rings (SSSR count). The highest BCUT2D eigenvalue weighted by Gasteiger charge is 2.34. The number of thiocarbonyl (C=S) groups is 1. The number of benzene rings is 2. The minimum atomic E-state index is -4.62. The topological polar surface area (TPSA) is 92.5 Å². The second-order valence-corrected chi connectivity index (χ2v) is 8.20. The highest BCUT2D eigenvalue weighted by Crippen LogP contribution is 2.35. The Bertz CT molecular complexity index is 1120. The van der Waals surface area contributed by atoms with Gasteiger partial charge >= 0.3 is 6.18 Å². The van der Waals surface area contributed by atoms with Crippen molar-refractivity contribution in [3.63, 3.8) is 0 Å². The molecule has 0 radical (unpaired) electrons. The van der Waals surface area contributed by atoms with E-state index in [0.717, 1.165) is 23.9 Å². The lowest BCUT2D eigenvalue weighted by atomic mass is 10.1. The van der Waals surface area contributed by atoms with Crippen molar-refractivity contribution in [2.45, 2.75) is 12.6 Å². The van der Waals surface area contributed by atoms with E-state index >= 15 is 0 Å². The van der Waals surface area contributed by atoms with Crippen molar-refractivity contribution in [2.24, 2.45) is 0 Å². The van der Waals surface area contributed by atoms with Crippen LogP contribution in [0.25, 0.3) is 6.08 Å². The summed E-state index contributed by atoms with van der Waals surface area (Å²) in [5.74, 6) is -1.16. The number of amides is 2. The Labute approximate surface area is 189 Å². The van der Waals surface area contributed by atoms with Gasteiger partial charge in [-0.15, -0.1) is 0 Å². The lowest BCUT2D eigenvalue weighted by molar-refractivity contribution is -0.384. The average molecular weight is 481 g/mol. The number of para-hydroxylation sites is 1. The Hall–Kier alpha value is -3.25. The normalized spacial score (nSPS) is 15.3. The van der Waals surface area contributed by atoms with Crippen LogP contribution < -0.4 is 5.32 Å². The summed E-state index contributed by atoms with van der Waals surface area (Å²) in [6.07, 6.45) is -3.36. The summed E-state index contributed by atoms with van der Waals surface area (Å²) in [7, 11) is 0. The monoisotopic (exact) mass is 481 g/mol. The van der Waals surface area contributed by atoms with Crippen molar-refractivity contribution in [1.29, 1.82) is 0 Å². The number of hydrogen-bond acceptors (Lipinski definition) is 6. The molecule has 12 heteroatoms. The van der Waals surface area contributed by atoms with Gasteiger partial charge in [0.2, 0.25) is 5.91 Å². The van der Waals surface area contributed by atoms with Crippen LogP contribution in [-0.2, 0) is 15.8 Å². The van der Waals surface area contributed by atoms with Gasteiger partial charge in [-0.2, -0.15) is 13.2 Å². The van der Waals surface area contributed by atoms with Crippen LogP contribution in [-0.4, -0.2) is 32.5 Å². The number of hydrogen-bond donors (Lipinski definition) is 1. The SMILES string of the molecule is O=C(CCN1C(=O)/C(=C/c2ccc([N+](=O)[O-])cc2)SC1=S)Nc1ccccc1C(F)(F)F. The van der Waals surface area contributed by atoms with Crippen molar-refractivity contribution in [2.75, 3.05) is 11.9 Å². The van der Waals surface area contributed by atoms with Crippen molar-refractivity contribution >= 4 is 57.6 Å². The molecule has 2 amide bonds. The van der Waals surface area contributed by atoms with E-state index in [0.29, 0.717) is 5.56 Å². The molecule has 32 heavy (non-hydrogen) atoms. The molecule has 2 aromatic carbocycles. The van der Waals surface area contributed by atoms with Gasteiger partial charge in [0.05, 0.1) is 21.1 Å². The Morgan fingerprint density at radius 2 is 1.84 bits per heavy atom. The summed E-state index contributed by atoms with van der Waals surface area (Å²) in [5.41, 5.74) is -0.871. The maximum absolute atomic E-state index is 13.1. The van der Waals surface area contributed by atoms with Crippen LogP contribution in [0, 0.1) is 10.1 Å². The molecule has 7 nitrogen and oxygen atoms in total. The predicted octanol–water partition coefficient (Wildman–Crippen LogP) is 4.84. The standard InChI is InChI=1S/C20H14F3N3O4S2/c21-20(22,23)14-3-1-2-4-15(14)24-17(27)9-10-25-18(28)16(32-19(25)31)11-12-5-7-13(8-6-12)26(29)30/h1-8,11H,9-10H2,(H,24,27)/b16-11-. The van der Waals surface area contributed by atoms with Gasteiger partial charge in [-0.25, -0.2) is 0 Å². The fraction of sp³-hybridized carbons (Fsp3) is 0.150. The van der Waals surface area contributed by atoms with E-state index < -0.39 is 28.5 Å². The fourth-order valence-electron chi connectivity index (χ4n) is 2.80. The van der Waals surface area contributed by atoms with Gasteiger partial charge in [0, 0.05) is 25.1 Å². The third-order valence-electron chi connectivity index (χ3n) is 4.34. The molecule has 0 spiro atoms. The van der Waals surface area contributed by atoms with Crippen LogP contribution >= 0.6 is 24.0 Å². The van der Waals surface area contributed by atoms with Crippen molar-refractivity contribution in [3.8, 4) is 0 Å². The lowest BCUT2D eigenvalue weighted by Gasteiger charge is -2.16. The largest absolute Gasteiger partial charge is 0.418 e. The Morgan fingerprint density at radius 1 is 1.19 bits per heavy atom. The molecule has 0 bridgehead atoms. The van der Waals surface area contributed by atoms with Gasteiger partial charge in [-0.3, -0.25) is 24.6 Å². The number of alkyl halides is 3. The minimum absolute atomic E-state index is 0.0900. The first-order chi connectivity index (χ1) is 15.1. The smallest absolute Gasteiger partial charge is 0.325 e. The number of thioether (sulfide) groups is 1. The predicted molar refractivity (Wildman–Crippen MR) is 118 cm³/mol. The molecule has 0 unspecified atom stereocenters. The maximum Gasteiger partial charge on any atom is 0.418 e. The first kappa shape index (κ1) is 23.4. The molecule has 0 aliphatic carbocycles. The third-order valence-corrected chi connectivity index (χ3v) is 5.72. The minimum Gasteiger partial charge on any atom is -0.325 e. The highest BCUT2D eigenvalue weighted by molar-refractivity contribution is 8.26. The van der Waals surface area contributed by atoms with Crippen LogP contribution in [0.3, 0.4) is 0 Å². The van der Waals surface area contributed by atoms with E-state index in [1.54, 1.807) is 0 Å². The lowest BCUT2D eigenvalue weighted by Crippen LogP contribution is -2.31. The highest BCUT2D eigenvalue weighted by atomic mass is 32.2. The van der Waals surface area contributed by atoms with Crippen LogP contribution in [0.4, 0.5) is 24.5 Å². The summed E-state index contributed by atoms with van der Waals surface area (Å²) in [6.45, 7) is -0.109. The summed E-state index contributed by atoms with van der Waals surface area (Å²) in [6, 6.07) is 10.2. The van der Waals surface area contributed by atoms with Gasteiger partial charge in [0.1, 0.15) is 4.32 Å². The van der Waals surface area contributed by atoms with Gasteiger partial charge in [-0.1, -0.05) is 36.1 Å². The van der Waals surface area contributed by atoms with E-state index in [4.69, 9.17) is 12.2 Å². The van der Waals surface area contributed by atoms with E-state index in [-0.39, 0.29) is 33.6 Å². The zero-order valence-electron chi connectivity index (χ0n) is 16.1. The van der Waals surface area contributed by atoms with E-state index in [1.165, 1.54) is 47.4 Å². The number of nitrogens with zero attached hydrogens (tertiary/aromatic N) is 2. The Balaban J connectivity index is 1.64. The summed E-state index contributed by atoms with van der Waals surface area (Å²) >= 11 is 6.18. The molecule has 1 saturated heterocycles. The van der Waals surface area contributed by atoms with E-state index in [2.05, 4.69) is 5.32 Å². The van der Waals surface area contributed by atoms with Crippen molar-refractivity contribution in [3.05, 3.63) is 74.7 Å². The molecular weight excluding hydrogens is 467 g/mol. The molecule has 0 aromatic heterocycles. The second kappa shape index (κ2) is 9.49. The number of rotatable bonds is 6. The molecule has 1 fully saturated rings. The summed E-state index contributed by atoms with van der Waals surface area (Å²) in [5, 5.41) is 12.9. The summed E-state index contributed by atoms with van der Waals surface area (Å²) in [4.78, 5) is 36.4. The first-order valence-electron chi connectivity index (χ1n) is 9.02. The summed E-state index contributed by atoms with van der Waals surface area (Å²) < 4.78 is 39.4. The number of carbonyl (C=O) groups is 2. The number of anilines is 1. The zero-order valence-corrected chi connectivity index (χ0v) is 17.7. The van der Waals surface area contributed by atoms with Gasteiger partial charge < -0.3 is 5.32 Å².